The van der Waals surface area contributed by atoms with Gasteiger partial charge in [-0.3, -0.25) is 14.6 Å². The molecule has 2 heterocycles. The number of hydrogen-bond acceptors (Lipinski definition) is 5. The zero-order valence-electron chi connectivity index (χ0n) is 16.9. The highest BCUT2D eigenvalue weighted by atomic mass is 32.1. The van der Waals surface area contributed by atoms with Gasteiger partial charge >= 0.3 is 5.97 Å². The fourth-order valence-electron chi connectivity index (χ4n) is 4.41. The predicted octanol–water partition coefficient (Wildman–Crippen LogP) is 5.27. The number of ether oxygens (including phenoxy) is 1. The summed E-state index contributed by atoms with van der Waals surface area (Å²) < 4.78 is 5.54. The monoisotopic (exact) mass is 407 g/mol. The molecule has 1 unspecified atom stereocenters. The summed E-state index contributed by atoms with van der Waals surface area (Å²) in [7, 11) is 0. The van der Waals surface area contributed by atoms with Crippen LogP contribution in [0, 0.1) is 5.92 Å². The van der Waals surface area contributed by atoms with Gasteiger partial charge in [0.25, 0.3) is 0 Å². The zero-order valence-corrected chi connectivity index (χ0v) is 17.7. The first-order valence-electron chi connectivity index (χ1n) is 10.1. The molecule has 29 heavy (non-hydrogen) atoms. The van der Waals surface area contributed by atoms with Crippen LogP contribution in [0.2, 0.25) is 0 Å². The summed E-state index contributed by atoms with van der Waals surface area (Å²) in [6, 6.07) is 14.1. The lowest BCUT2D eigenvalue weighted by Crippen LogP contribution is -2.38. The van der Waals surface area contributed by atoms with Gasteiger partial charge in [-0.25, -0.2) is 0 Å². The highest BCUT2D eigenvalue weighted by molar-refractivity contribution is 7.10. The van der Waals surface area contributed by atoms with Crippen molar-refractivity contribution in [3.8, 4) is 0 Å². The third-order valence-corrected chi connectivity index (χ3v) is 6.57. The fraction of sp³-hybridized carbons (Fsp3) is 0.375. The van der Waals surface area contributed by atoms with Crippen LogP contribution in [0.5, 0.6) is 0 Å². The van der Waals surface area contributed by atoms with Gasteiger partial charge in [0.15, 0.2) is 5.78 Å². The number of rotatable bonds is 4. The second-order valence-corrected chi connectivity index (χ2v) is 8.99. The van der Waals surface area contributed by atoms with Crippen molar-refractivity contribution in [1.29, 1.82) is 0 Å². The van der Waals surface area contributed by atoms with Crippen molar-refractivity contribution in [2.24, 2.45) is 10.9 Å². The van der Waals surface area contributed by atoms with E-state index in [1.165, 1.54) is 0 Å². The number of esters is 1. The molecule has 2 aliphatic rings. The van der Waals surface area contributed by atoms with Gasteiger partial charge in [-0.15, -0.1) is 11.3 Å². The van der Waals surface area contributed by atoms with Gasteiger partial charge in [0.2, 0.25) is 0 Å². The maximum Gasteiger partial charge on any atom is 0.315 e. The van der Waals surface area contributed by atoms with Crippen LogP contribution in [-0.4, -0.2) is 23.6 Å². The molecule has 0 saturated carbocycles. The Balaban J connectivity index is 1.76. The van der Waals surface area contributed by atoms with Gasteiger partial charge in [0.1, 0.15) is 5.92 Å². The molecule has 0 saturated heterocycles. The van der Waals surface area contributed by atoms with E-state index >= 15 is 0 Å². The fourth-order valence-corrected chi connectivity index (χ4v) is 5.28. The maximum atomic E-state index is 13.3. The third kappa shape index (κ3) is 3.84. The van der Waals surface area contributed by atoms with Crippen molar-refractivity contribution in [2.45, 2.75) is 51.6 Å². The Bertz CT molecular complexity index is 973. The zero-order chi connectivity index (χ0) is 20.5. The number of nitrogens with zero attached hydrogens (tertiary/aromatic N) is 1. The largest absolute Gasteiger partial charge is 0.462 e. The molecule has 1 aliphatic carbocycles. The van der Waals surface area contributed by atoms with Crippen molar-refractivity contribution < 1.29 is 14.3 Å². The van der Waals surface area contributed by atoms with Crippen molar-refractivity contribution in [1.82, 2.24) is 0 Å². The van der Waals surface area contributed by atoms with Crippen LogP contribution in [0.15, 0.2) is 64.1 Å². The van der Waals surface area contributed by atoms with Crippen LogP contribution in [0.4, 0.5) is 0 Å². The number of carbonyl (C=O) groups excluding carboxylic acids is 2. The second-order valence-electron chi connectivity index (χ2n) is 8.01. The standard InChI is InChI=1S/C24H25NO3S/c1-14(2)28-24(27)21-15(3)25-18-12-17(16-8-5-4-6-9-16)13-19(26)22(18)23(21)20-10-7-11-29-20/h4-11,14,17,21,23H,12-13H2,1-3H3/t17-,21?,23+/m0/s1. The van der Waals surface area contributed by atoms with Crippen molar-refractivity contribution in [3.63, 3.8) is 0 Å². The first-order chi connectivity index (χ1) is 14.0. The average molecular weight is 408 g/mol. The molecule has 0 bridgehead atoms. The molecular formula is C24H25NO3S. The highest BCUT2D eigenvalue weighted by Gasteiger charge is 2.45. The normalized spacial score (nSPS) is 24.3. The smallest absolute Gasteiger partial charge is 0.315 e. The van der Waals surface area contributed by atoms with Crippen LogP contribution < -0.4 is 0 Å². The molecule has 1 aromatic carbocycles. The quantitative estimate of drug-likeness (QED) is 0.649. The Labute approximate surface area is 175 Å². The number of ketones is 1. The van der Waals surface area contributed by atoms with Crippen LogP contribution in [0.25, 0.3) is 0 Å². The Hall–Kier alpha value is -2.53. The van der Waals surface area contributed by atoms with E-state index in [-0.39, 0.29) is 29.7 Å². The molecule has 0 N–H and O–H groups in total. The van der Waals surface area contributed by atoms with Crippen molar-refractivity contribution in [3.05, 3.63) is 69.6 Å². The van der Waals surface area contributed by atoms with Crippen LogP contribution in [0.3, 0.4) is 0 Å². The summed E-state index contributed by atoms with van der Waals surface area (Å²) in [5, 5.41) is 1.99. The number of thiophene rings is 1. The van der Waals surface area contributed by atoms with Crippen molar-refractivity contribution >= 4 is 28.8 Å². The molecule has 1 aliphatic heterocycles. The number of benzene rings is 1. The van der Waals surface area contributed by atoms with Gasteiger partial charge in [0, 0.05) is 34.2 Å². The summed E-state index contributed by atoms with van der Waals surface area (Å²) in [6.07, 6.45) is 0.959. The van der Waals surface area contributed by atoms with E-state index in [0.29, 0.717) is 12.0 Å². The summed E-state index contributed by atoms with van der Waals surface area (Å²) in [6.45, 7) is 5.57. The van der Waals surface area contributed by atoms with E-state index < -0.39 is 5.92 Å². The third-order valence-electron chi connectivity index (χ3n) is 5.62. The van der Waals surface area contributed by atoms with Crippen LogP contribution in [0.1, 0.15) is 55.9 Å². The Morgan fingerprint density at radius 3 is 2.55 bits per heavy atom. The molecule has 3 atom stereocenters. The molecule has 4 rings (SSSR count). The highest BCUT2D eigenvalue weighted by Crippen LogP contribution is 2.47. The minimum Gasteiger partial charge on any atom is -0.462 e. The molecule has 150 valence electrons. The van der Waals surface area contributed by atoms with E-state index in [2.05, 4.69) is 12.1 Å². The minimum atomic E-state index is -0.549. The van der Waals surface area contributed by atoms with Gasteiger partial charge in [-0.1, -0.05) is 36.4 Å². The molecule has 0 amide bonds. The number of carbonyl (C=O) groups is 2. The number of hydrogen-bond donors (Lipinski definition) is 0. The lowest BCUT2D eigenvalue weighted by atomic mass is 9.71. The molecule has 0 spiro atoms. The van der Waals surface area contributed by atoms with Crippen molar-refractivity contribution in [2.75, 3.05) is 0 Å². The SMILES string of the molecule is CC1=NC2=C(C(=O)C[C@@H](c3ccccc3)C2)[C@H](c2cccs2)C1C(=O)OC(C)C. The Morgan fingerprint density at radius 2 is 1.90 bits per heavy atom. The first-order valence-corrected chi connectivity index (χ1v) is 10.9. The second kappa shape index (κ2) is 8.07. The molecule has 1 aromatic heterocycles. The average Bonchev–Trinajstić information content (AvgIpc) is 3.21. The lowest BCUT2D eigenvalue weighted by Gasteiger charge is -2.36. The van der Waals surface area contributed by atoms with E-state index in [0.717, 1.165) is 28.3 Å². The topological polar surface area (TPSA) is 55.7 Å². The van der Waals surface area contributed by atoms with Crippen LogP contribution in [-0.2, 0) is 14.3 Å². The van der Waals surface area contributed by atoms with E-state index in [9.17, 15) is 9.59 Å². The predicted molar refractivity (Wildman–Crippen MR) is 115 cm³/mol. The maximum absolute atomic E-state index is 13.3. The Kier molecular flexibility index (Phi) is 5.50. The van der Waals surface area contributed by atoms with Gasteiger partial charge < -0.3 is 4.74 Å². The molecule has 0 fully saturated rings. The van der Waals surface area contributed by atoms with E-state index in [1.54, 1.807) is 11.3 Å². The number of aliphatic imine (C=N–C) groups is 1. The van der Waals surface area contributed by atoms with Gasteiger partial charge in [0.05, 0.1) is 6.10 Å². The van der Waals surface area contributed by atoms with E-state index in [1.807, 2.05) is 56.5 Å². The summed E-state index contributed by atoms with van der Waals surface area (Å²) >= 11 is 1.58. The van der Waals surface area contributed by atoms with Gasteiger partial charge in [-0.2, -0.15) is 0 Å². The molecule has 4 nitrogen and oxygen atoms in total. The first kappa shape index (κ1) is 19.8. The number of Topliss-reactive ketones (excluding diaryl/α,β-unsaturated/α-hetero) is 1. The minimum absolute atomic E-state index is 0.0945. The van der Waals surface area contributed by atoms with E-state index in [4.69, 9.17) is 9.73 Å². The summed E-state index contributed by atoms with van der Waals surface area (Å²) in [5.41, 5.74) is 3.43. The van der Waals surface area contributed by atoms with Gasteiger partial charge in [-0.05, 0) is 50.1 Å². The summed E-state index contributed by atoms with van der Waals surface area (Å²) in [5.74, 6) is -0.937. The molecule has 0 radical (unpaired) electrons. The lowest BCUT2D eigenvalue weighted by molar-refractivity contribution is -0.150. The summed E-state index contributed by atoms with van der Waals surface area (Å²) in [4.78, 5) is 32.1. The molecular weight excluding hydrogens is 382 g/mol. The molecule has 5 heteroatoms. The van der Waals surface area contributed by atoms with Crippen LogP contribution >= 0.6 is 11.3 Å². The number of allylic oxidation sites excluding steroid dienone is 2. The molecule has 2 aromatic rings. The Morgan fingerprint density at radius 1 is 1.14 bits per heavy atom.